The maximum absolute atomic E-state index is 3.57. The van der Waals surface area contributed by atoms with Gasteiger partial charge >= 0.3 is 0 Å². The predicted octanol–water partition coefficient (Wildman–Crippen LogP) is 2.50. The molecule has 1 aliphatic carbocycles. The number of hydrogen-bond donors (Lipinski definition) is 1. The first-order valence-corrected chi connectivity index (χ1v) is 7.20. The van der Waals surface area contributed by atoms with Gasteiger partial charge in [0.05, 0.1) is 0 Å². The summed E-state index contributed by atoms with van der Waals surface area (Å²) in [6.45, 7) is 9.77. The van der Waals surface area contributed by atoms with Gasteiger partial charge in [0.15, 0.2) is 0 Å². The molecule has 0 unspecified atom stereocenters. The normalized spacial score (nSPS) is 24.2. The van der Waals surface area contributed by atoms with Gasteiger partial charge in [-0.3, -0.25) is 0 Å². The first-order valence-electron chi connectivity index (χ1n) is 7.20. The quantitative estimate of drug-likeness (QED) is 0.746. The fourth-order valence-corrected chi connectivity index (χ4v) is 2.59. The topological polar surface area (TPSA) is 15.3 Å². The van der Waals surface area contributed by atoms with Crippen molar-refractivity contribution in [2.75, 3.05) is 26.2 Å². The molecule has 0 aromatic carbocycles. The zero-order chi connectivity index (χ0) is 11.4. The Balaban J connectivity index is 1.54. The minimum absolute atomic E-state index is 0.646. The number of piperidine rings is 1. The van der Waals surface area contributed by atoms with Crippen LogP contribution < -0.4 is 5.32 Å². The van der Waals surface area contributed by atoms with Crippen LogP contribution in [0.2, 0.25) is 0 Å². The molecule has 16 heavy (non-hydrogen) atoms. The highest BCUT2D eigenvalue weighted by atomic mass is 15.1. The maximum Gasteiger partial charge on any atom is 0.00104 e. The summed E-state index contributed by atoms with van der Waals surface area (Å²) >= 11 is 0. The van der Waals surface area contributed by atoms with Gasteiger partial charge in [-0.1, -0.05) is 26.7 Å². The lowest BCUT2D eigenvalue weighted by molar-refractivity contribution is 0.177. The van der Waals surface area contributed by atoms with Crippen LogP contribution in [0.25, 0.3) is 0 Å². The Morgan fingerprint density at radius 2 is 1.75 bits per heavy atom. The lowest BCUT2D eigenvalue weighted by Crippen LogP contribution is -2.39. The molecule has 0 aromatic rings. The van der Waals surface area contributed by atoms with Crippen molar-refractivity contribution in [1.29, 1.82) is 0 Å². The molecule has 0 spiro atoms. The number of hydrogen-bond acceptors (Lipinski definition) is 2. The zero-order valence-corrected chi connectivity index (χ0v) is 11.0. The molecule has 94 valence electrons. The first-order chi connectivity index (χ1) is 7.74. The van der Waals surface area contributed by atoms with Crippen molar-refractivity contribution in [3.05, 3.63) is 0 Å². The van der Waals surface area contributed by atoms with Crippen LogP contribution in [0.15, 0.2) is 0 Å². The number of likely N-dealkylation sites (tertiary alicyclic amines) is 1. The molecule has 1 saturated heterocycles. The van der Waals surface area contributed by atoms with Crippen molar-refractivity contribution < 1.29 is 0 Å². The number of rotatable bonds is 6. The van der Waals surface area contributed by atoms with E-state index in [9.17, 15) is 0 Å². The van der Waals surface area contributed by atoms with E-state index in [2.05, 4.69) is 24.1 Å². The van der Waals surface area contributed by atoms with E-state index in [1.807, 2.05) is 0 Å². The first kappa shape index (κ1) is 12.4. The lowest BCUT2D eigenvalue weighted by atomic mass is 9.96. The molecule has 2 rings (SSSR count). The van der Waals surface area contributed by atoms with Crippen molar-refractivity contribution in [2.45, 2.75) is 52.0 Å². The molecular formula is C14H28N2. The van der Waals surface area contributed by atoms with E-state index < -0.39 is 0 Å². The fraction of sp³-hybridized carbons (Fsp3) is 1.00. The molecule has 1 N–H and O–H groups in total. The second kappa shape index (κ2) is 6.02. The molecule has 1 heterocycles. The Labute approximate surface area is 101 Å². The third-order valence-corrected chi connectivity index (χ3v) is 4.07. The van der Waals surface area contributed by atoms with Crippen molar-refractivity contribution in [1.82, 2.24) is 10.2 Å². The molecule has 2 nitrogen and oxygen atoms in total. The predicted molar refractivity (Wildman–Crippen MR) is 69.6 cm³/mol. The van der Waals surface area contributed by atoms with Gasteiger partial charge in [-0.2, -0.15) is 0 Å². The molecule has 0 amide bonds. The molecule has 1 aliphatic heterocycles. The number of nitrogens with one attached hydrogen (secondary N) is 1. The molecule has 0 bridgehead atoms. The van der Waals surface area contributed by atoms with E-state index >= 15 is 0 Å². The smallest absolute Gasteiger partial charge is 0.00104 e. The zero-order valence-electron chi connectivity index (χ0n) is 11.0. The Morgan fingerprint density at radius 3 is 2.31 bits per heavy atom. The van der Waals surface area contributed by atoms with Gasteiger partial charge in [-0.05, 0) is 57.3 Å². The van der Waals surface area contributed by atoms with Crippen LogP contribution in [-0.4, -0.2) is 37.1 Å². The summed E-state index contributed by atoms with van der Waals surface area (Å²) in [5, 5.41) is 3.57. The molecule has 2 heteroatoms. The second-order valence-electron chi connectivity index (χ2n) is 6.08. The Kier molecular flexibility index (Phi) is 4.66. The average Bonchev–Trinajstić information content (AvgIpc) is 3.09. The molecule has 2 fully saturated rings. The van der Waals surface area contributed by atoms with Crippen molar-refractivity contribution in [3.63, 3.8) is 0 Å². The Hall–Kier alpha value is -0.0800. The van der Waals surface area contributed by atoms with Gasteiger partial charge in [-0.25, -0.2) is 0 Å². The van der Waals surface area contributed by atoms with Crippen molar-refractivity contribution in [3.8, 4) is 0 Å². The molecule has 2 aliphatic rings. The molecule has 0 radical (unpaired) electrons. The summed E-state index contributed by atoms with van der Waals surface area (Å²) in [7, 11) is 0. The van der Waals surface area contributed by atoms with E-state index in [1.165, 1.54) is 58.3 Å². The number of nitrogens with zero attached hydrogens (tertiary/aromatic N) is 1. The van der Waals surface area contributed by atoms with Crippen molar-refractivity contribution >= 4 is 0 Å². The fourth-order valence-electron chi connectivity index (χ4n) is 2.59. The van der Waals surface area contributed by atoms with E-state index in [-0.39, 0.29) is 0 Å². The van der Waals surface area contributed by atoms with E-state index in [4.69, 9.17) is 0 Å². The highest BCUT2D eigenvalue weighted by molar-refractivity contribution is 4.78. The third-order valence-electron chi connectivity index (χ3n) is 4.07. The van der Waals surface area contributed by atoms with E-state index in [1.54, 1.807) is 0 Å². The molecular weight excluding hydrogens is 196 g/mol. The summed E-state index contributed by atoms with van der Waals surface area (Å²) in [5.74, 6) is 2.03. The van der Waals surface area contributed by atoms with Crippen LogP contribution in [0.5, 0.6) is 0 Å². The molecule has 0 aromatic heterocycles. The standard InChI is InChI=1S/C14H28N2/c1-12(2)15-11-14-6-9-16(10-7-14)8-5-13-3-4-13/h12-15H,3-11H2,1-2H3. The van der Waals surface area contributed by atoms with Crippen LogP contribution in [0.3, 0.4) is 0 Å². The monoisotopic (exact) mass is 224 g/mol. The van der Waals surface area contributed by atoms with E-state index in [0.29, 0.717) is 6.04 Å². The summed E-state index contributed by atoms with van der Waals surface area (Å²) in [5.41, 5.74) is 0. The Morgan fingerprint density at radius 1 is 1.06 bits per heavy atom. The van der Waals surface area contributed by atoms with Crippen LogP contribution in [0, 0.1) is 11.8 Å². The van der Waals surface area contributed by atoms with Crippen LogP contribution in [0.1, 0.15) is 46.0 Å². The largest absolute Gasteiger partial charge is 0.314 e. The van der Waals surface area contributed by atoms with E-state index in [0.717, 1.165) is 11.8 Å². The average molecular weight is 224 g/mol. The van der Waals surface area contributed by atoms with Crippen molar-refractivity contribution in [2.24, 2.45) is 11.8 Å². The second-order valence-corrected chi connectivity index (χ2v) is 6.08. The minimum Gasteiger partial charge on any atom is -0.314 e. The van der Waals surface area contributed by atoms with Gasteiger partial charge in [0.25, 0.3) is 0 Å². The Bertz CT molecular complexity index is 177. The van der Waals surface area contributed by atoms with Gasteiger partial charge < -0.3 is 10.2 Å². The van der Waals surface area contributed by atoms with Crippen LogP contribution in [-0.2, 0) is 0 Å². The highest BCUT2D eigenvalue weighted by Gasteiger charge is 2.24. The summed E-state index contributed by atoms with van der Waals surface area (Å²) < 4.78 is 0. The summed E-state index contributed by atoms with van der Waals surface area (Å²) in [6.07, 6.45) is 7.30. The molecule has 1 saturated carbocycles. The third kappa shape index (κ3) is 4.42. The summed E-state index contributed by atoms with van der Waals surface area (Å²) in [6, 6.07) is 0.646. The molecule has 0 atom stereocenters. The minimum atomic E-state index is 0.646. The maximum atomic E-state index is 3.57. The lowest BCUT2D eigenvalue weighted by Gasteiger charge is -2.32. The van der Waals surface area contributed by atoms with Gasteiger partial charge in [-0.15, -0.1) is 0 Å². The van der Waals surface area contributed by atoms with Crippen LogP contribution in [0.4, 0.5) is 0 Å². The highest BCUT2D eigenvalue weighted by Crippen LogP contribution is 2.32. The van der Waals surface area contributed by atoms with Crippen LogP contribution >= 0.6 is 0 Å². The van der Waals surface area contributed by atoms with Gasteiger partial charge in [0.2, 0.25) is 0 Å². The van der Waals surface area contributed by atoms with Gasteiger partial charge in [0.1, 0.15) is 0 Å². The SMILES string of the molecule is CC(C)NCC1CCN(CCC2CC2)CC1. The van der Waals surface area contributed by atoms with Gasteiger partial charge in [0, 0.05) is 6.04 Å². The summed E-state index contributed by atoms with van der Waals surface area (Å²) in [4.78, 5) is 2.68.